The molecule has 0 saturated carbocycles. The average molecular weight is 556 g/mol. The number of anilines is 1. The molecule has 7 nitrogen and oxygen atoms in total. The Balaban J connectivity index is 0.00000179. The van der Waals surface area contributed by atoms with Crippen LogP contribution in [0.1, 0.15) is 83.0 Å². The number of hydrogen-bond acceptors (Lipinski definition) is 6. The molecule has 2 N–H and O–H groups in total. The normalized spacial score (nSPS) is 11.5. The molecule has 0 aliphatic heterocycles. The van der Waals surface area contributed by atoms with Crippen molar-refractivity contribution < 1.29 is 18.7 Å². The minimum atomic E-state index is -1.43. The van der Waals surface area contributed by atoms with Gasteiger partial charge in [-0.05, 0) is 40.0 Å². The monoisotopic (exact) mass is 554 g/mol. The van der Waals surface area contributed by atoms with Crippen LogP contribution in [0.25, 0.3) is 0 Å². The second-order valence-electron chi connectivity index (χ2n) is 6.70. The van der Waals surface area contributed by atoms with Crippen LogP contribution in [0, 0.1) is 5.92 Å². The number of carbonyl (C=O) groups is 1. The van der Waals surface area contributed by atoms with Crippen molar-refractivity contribution in [2.24, 2.45) is 5.92 Å². The first-order valence-corrected chi connectivity index (χ1v) is 13.1. The van der Waals surface area contributed by atoms with Crippen LogP contribution < -0.4 is 5.32 Å². The maximum absolute atomic E-state index is 14.4. The summed E-state index contributed by atoms with van der Waals surface area (Å²) in [6.07, 6.45) is 5.44. The van der Waals surface area contributed by atoms with Crippen molar-refractivity contribution in [1.29, 1.82) is 0 Å². The Morgan fingerprint density at radius 1 is 1.20 bits per heavy atom. The van der Waals surface area contributed by atoms with Crippen LogP contribution >= 0.6 is 15.9 Å². The number of nitrogens with one attached hydrogen (secondary N) is 1. The number of aromatic nitrogens is 3. The van der Waals surface area contributed by atoms with Gasteiger partial charge in [0.2, 0.25) is 0 Å². The van der Waals surface area contributed by atoms with E-state index in [-0.39, 0.29) is 36.1 Å². The van der Waals surface area contributed by atoms with Gasteiger partial charge in [0.05, 0.1) is 12.1 Å². The van der Waals surface area contributed by atoms with E-state index in [2.05, 4.69) is 31.2 Å². The molecule has 196 valence electrons. The number of furan rings is 1. The minimum Gasteiger partial charge on any atom is -0.452 e. The van der Waals surface area contributed by atoms with Crippen molar-refractivity contribution in [2.75, 3.05) is 11.9 Å². The van der Waals surface area contributed by atoms with Gasteiger partial charge < -0.3 is 19.4 Å². The molecular weight excluding hydrogens is 515 g/mol. The number of rotatable bonds is 10. The van der Waals surface area contributed by atoms with E-state index in [1.54, 1.807) is 24.5 Å². The predicted molar refractivity (Wildman–Crippen MR) is 143 cm³/mol. The van der Waals surface area contributed by atoms with Crippen LogP contribution in [0.2, 0.25) is 0 Å². The standard InChI is InChI=1S/C20H22BrFN4O3.3C2H6/c1-2-13(11-27)7-18(22)25-20-16(8-23-12-24-20)19(28)14-5-6-26(9-14)10-15-3-4-17(21)29-15;3*1-2/h3-6,8-9,12-13,18,27H,2,7,10-11H2,1H3,(H,23,24,25);3*1-2H3. The number of alkyl halides is 1. The van der Waals surface area contributed by atoms with Crippen molar-refractivity contribution in [1.82, 2.24) is 14.5 Å². The molecule has 2 atom stereocenters. The van der Waals surface area contributed by atoms with Gasteiger partial charge in [-0.2, -0.15) is 0 Å². The first kappa shape index (κ1) is 32.5. The molecular formula is C26H40BrFN4O3. The third-order valence-corrected chi connectivity index (χ3v) is 5.03. The van der Waals surface area contributed by atoms with Gasteiger partial charge in [0.15, 0.2) is 16.7 Å². The molecule has 0 aromatic carbocycles. The van der Waals surface area contributed by atoms with Crippen molar-refractivity contribution >= 4 is 27.5 Å². The van der Waals surface area contributed by atoms with Crippen molar-refractivity contribution in [3.05, 3.63) is 64.7 Å². The summed E-state index contributed by atoms with van der Waals surface area (Å²) < 4.78 is 22.3. The highest BCUT2D eigenvalue weighted by atomic mass is 79.9. The Bertz CT molecular complexity index is 957. The van der Waals surface area contributed by atoms with E-state index in [0.29, 0.717) is 23.2 Å². The van der Waals surface area contributed by atoms with Gasteiger partial charge in [-0.1, -0.05) is 54.9 Å². The Morgan fingerprint density at radius 2 is 1.89 bits per heavy atom. The molecule has 0 aliphatic carbocycles. The molecule has 0 saturated heterocycles. The molecule has 0 fully saturated rings. The summed E-state index contributed by atoms with van der Waals surface area (Å²) in [6.45, 7) is 14.3. The molecule has 3 rings (SSSR count). The van der Waals surface area contributed by atoms with Gasteiger partial charge in [0.1, 0.15) is 17.9 Å². The van der Waals surface area contributed by atoms with Crippen LogP contribution in [0.4, 0.5) is 10.2 Å². The number of halogens is 2. The molecule has 0 radical (unpaired) electrons. The fourth-order valence-corrected chi connectivity index (χ4v) is 3.27. The van der Waals surface area contributed by atoms with Gasteiger partial charge >= 0.3 is 0 Å². The highest BCUT2D eigenvalue weighted by Crippen LogP contribution is 2.21. The number of nitrogens with zero attached hydrogens (tertiary/aromatic N) is 3. The largest absolute Gasteiger partial charge is 0.452 e. The number of aliphatic hydroxyl groups excluding tert-OH is 1. The van der Waals surface area contributed by atoms with E-state index in [9.17, 15) is 14.3 Å². The molecule has 35 heavy (non-hydrogen) atoms. The number of hydrogen-bond donors (Lipinski definition) is 2. The number of aliphatic hydroxyl groups is 1. The fraction of sp³-hybridized carbons (Fsp3) is 0.500. The van der Waals surface area contributed by atoms with E-state index in [0.717, 1.165) is 5.76 Å². The smallest absolute Gasteiger partial charge is 0.199 e. The Hall–Kier alpha value is -2.52. The van der Waals surface area contributed by atoms with Gasteiger partial charge in [0, 0.05) is 37.2 Å². The molecule has 9 heteroatoms. The maximum atomic E-state index is 14.4. The van der Waals surface area contributed by atoms with E-state index >= 15 is 0 Å². The lowest BCUT2D eigenvalue weighted by Gasteiger charge is -2.17. The molecule has 0 bridgehead atoms. The fourth-order valence-electron chi connectivity index (χ4n) is 2.93. The van der Waals surface area contributed by atoms with Crippen LogP contribution in [0.15, 0.2) is 52.2 Å². The van der Waals surface area contributed by atoms with Crippen molar-refractivity contribution in [3.8, 4) is 0 Å². The van der Waals surface area contributed by atoms with E-state index in [1.807, 2.05) is 59.1 Å². The third kappa shape index (κ3) is 10.7. The summed E-state index contributed by atoms with van der Waals surface area (Å²) in [4.78, 5) is 20.9. The van der Waals surface area contributed by atoms with Crippen molar-refractivity contribution in [2.45, 2.75) is 74.1 Å². The van der Waals surface area contributed by atoms with Crippen LogP contribution in [-0.4, -0.2) is 38.3 Å². The molecule has 3 aromatic rings. The second-order valence-corrected chi connectivity index (χ2v) is 7.48. The zero-order chi connectivity index (χ0) is 26.8. The zero-order valence-electron chi connectivity index (χ0n) is 21.9. The summed E-state index contributed by atoms with van der Waals surface area (Å²) >= 11 is 3.26. The van der Waals surface area contributed by atoms with Crippen LogP contribution in [0.5, 0.6) is 0 Å². The molecule has 0 spiro atoms. The molecule has 0 aliphatic rings. The van der Waals surface area contributed by atoms with Crippen molar-refractivity contribution in [3.63, 3.8) is 0 Å². The predicted octanol–water partition coefficient (Wildman–Crippen LogP) is 7.11. The lowest BCUT2D eigenvalue weighted by atomic mass is 10.0. The van der Waals surface area contributed by atoms with E-state index in [4.69, 9.17) is 4.42 Å². The molecule has 3 heterocycles. The molecule has 0 amide bonds. The van der Waals surface area contributed by atoms with Gasteiger partial charge in [-0.3, -0.25) is 4.79 Å². The second kappa shape index (κ2) is 18.8. The minimum absolute atomic E-state index is 0.0894. The average Bonchev–Trinajstić information content (AvgIpc) is 3.55. The van der Waals surface area contributed by atoms with Gasteiger partial charge in [-0.15, -0.1) is 0 Å². The van der Waals surface area contributed by atoms with Crippen LogP contribution in [-0.2, 0) is 6.54 Å². The summed E-state index contributed by atoms with van der Waals surface area (Å²) in [5.41, 5.74) is 0.622. The van der Waals surface area contributed by atoms with E-state index in [1.165, 1.54) is 12.5 Å². The Kier molecular flexibility index (Phi) is 17.4. The highest BCUT2D eigenvalue weighted by Gasteiger charge is 2.20. The first-order chi connectivity index (χ1) is 17.0. The Morgan fingerprint density at radius 3 is 2.46 bits per heavy atom. The highest BCUT2D eigenvalue weighted by molar-refractivity contribution is 9.10. The number of carbonyl (C=O) groups excluding carboxylic acids is 1. The zero-order valence-corrected chi connectivity index (χ0v) is 23.5. The lowest BCUT2D eigenvalue weighted by molar-refractivity contribution is 0.103. The number of ketones is 1. The van der Waals surface area contributed by atoms with E-state index < -0.39 is 6.30 Å². The molecule has 3 aromatic heterocycles. The van der Waals surface area contributed by atoms with Gasteiger partial charge in [-0.25, -0.2) is 14.4 Å². The molecule has 2 unspecified atom stereocenters. The SMILES string of the molecule is CC.CC.CC.CCC(CO)CC(F)Nc1ncncc1C(=O)c1ccn(Cc2ccc(Br)o2)c1. The quantitative estimate of drug-likeness (QED) is 0.205. The van der Waals surface area contributed by atoms with Gasteiger partial charge in [0.25, 0.3) is 0 Å². The summed E-state index contributed by atoms with van der Waals surface area (Å²) in [7, 11) is 0. The lowest BCUT2D eigenvalue weighted by Crippen LogP contribution is -2.22. The first-order valence-electron chi connectivity index (χ1n) is 12.3. The summed E-state index contributed by atoms with van der Waals surface area (Å²) in [5.74, 6) is 0.405. The van der Waals surface area contributed by atoms with Crippen LogP contribution in [0.3, 0.4) is 0 Å². The summed E-state index contributed by atoms with van der Waals surface area (Å²) in [6, 6.07) is 5.33. The topological polar surface area (TPSA) is 93.2 Å². The Labute approximate surface area is 217 Å². The maximum Gasteiger partial charge on any atom is 0.199 e. The summed E-state index contributed by atoms with van der Waals surface area (Å²) in [5, 5.41) is 11.9. The third-order valence-electron chi connectivity index (χ3n) is 4.61.